The number of hydrogen-bond acceptors (Lipinski definition) is 4. The van der Waals surface area contributed by atoms with Crippen LogP contribution in [0.2, 0.25) is 0 Å². The maximum absolute atomic E-state index is 12.7. The first-order chi connectivity index (χ1) is 15.6. The van der Waals surface area contributed by atoms with Crippen LogP contribution >= 0.6 is 27.7 Å². The van der Waals surface area contributed by atoms with Crippen LogP contribution < -0.4 is 15.0 Å². The fourth-order valence-corrected chi connectivity index (χ4v) is 5.09. The standard InChI is InChI=1S/C25H23BrN2O3S/c1-31-22-8-3-2-7-21(22)28-23(29)16-32-25(28)19-6-4-5-18(15-19)24(30)27-14-13-17-9-11-20(26)12-10-17/h2-12,15,25H,13-14,16H2,1H3,(H,27,30). The zero-order valence-electron chi connectivity index (χ0n) is 17.6. The maximum Gasteiger partial charge on any atom is 0.251 e. The average Bonchev–Trinajstić information content (AvgIpc) is 3.21. The smallest absolute Gasteiger partial charge is 0.251 e. The van der Waals surface area contributed by atoms with E-state index in [0.717, 1.165) is 27.7 Å². The second-order valence-electron chi connectivity index (χ2n) is 7.36. The number of thioether (sulfide) groups is 1. The van der Waals surface area contributed by atoms with Gasteiger partial charge >= 0.3 is 0 Å². The van der Waals surface area contributed by atoms with Crippen LogP contribution in [0, 0.1) is 0 Å². The Morgan fingerprint density at radius 1 is 1.12 bits per heavy atom. The number of halogens is 1. The molecule has 3 aromatic carbocycles. The number of nitrogens with one attached hydrogen (secondary N) is 1. The molecule has 0 aliphatic carbocycles. The molecule has 164 valence electrons. The maximum atomic E-state index is 12.7. The van der Waals surface area contributed by atoms with E-state index in [1.165, 1.54) is 0 Å². The molecule has 1 saturated heterocycles. The molecule has 1 heterocycles. The van der Waals surface area contributed by atoms with Gasteiger partial charge in [-0.1, -0.05) is 52.3 Å². The molecular weight excluding hydrogens is 488 g/mol. The molecule has 1 aliphatic rings. The summed E-state index contributed by atoms with van der Waals surface area (Å²) >= 11 is 4.98. The summed E-state index contributed by atoms with van der Waals surface area (Å²) in [5.74, 6) is 0.929. The van der Waals surface area contributed by atoms with Crippen molar-refractivity contribution in [2.45, 2.75) is 11.8 Å². The first kappa shape index (κ1) is 22.4. The monoisotopic (exact) mass is 510 g/mol. The van der Waals surface area contributed by atoms with Crippen molar-refractivity contribution in [2.24, 2.45) is 0 Å². The highest BCUT2D eigenvalue weighted by Gasteiger charge is 2.35. The van der Waals surface area contributed by atoms with E-state index in [1.54, 1.807) is 29.8 Å². The molecule has 0 spiro atoms. The molecule has 0 saturated carbocycles. The lowest BCUT2D eigenvalue weighted by Gasteiger charge is -2.26. The van der Waals surface area contributed by atoms with Crippen molar-refractivity contribution < 1.29 is 14.3 Å². The van der Waals surface area contributed by atoms with Crippen LogP contribution in [-0.4, -0.2) is 31.2 Å². The Kier molecular flexibility index (Phi) is 7.17. The van der Waals surface area contributed by atoms with Gasteiger partial charge in [0.05, 0.1) is 18.6 Å². The lowest BCUT2D eigenvalue weighted by Crippen LogP contribution is -2.29. The third kappa shape index (κ3) is 5.00. The summed E-state index contributed by atoms with van der Waals surface area (Å²) in [6.07, 6.45) is 0.757. The molecule has 0 aromatic heterocycles. The highest BCUT2D eigenvalue weighted by Crippen LogP contribution is 2.44. The Hall–Kier alpha value is -2.77. The molecule has 1 unspecified atom stereocenters. The van der Waals surface area contributed by atoms with Crippen LogP contribution in [0.25, 0.3) is 0 Å². The lowest BCUT2D eigenvalue weighted by molar-refractivity contribution is -0.115. The van der Waals surface area contributed by atoms with Crippen LogP contribution in [0.3, 0.4) is 0 Å². The number of ether oxygens (including phenoxy) is 1. The second-order valence-corrected chi connectivity index (χ2v) is 9.34. The minimum atomic E-state index is -0.214. The molecule has 1 fully saturated rings. The molecule has 5 nitrogen and oxygen atoms in total. The summed E-state index contributed by atoms with van der Waals surface area (Å²) < 4.78 is 6.50. The molecule has 1 atom stereocenters. The summed E-state index contributed by atoms with van der Waals surface area (Å²) in [7, 11) is 1.60. The molecule has 0 bridgehead atoms. The summed E-state index contributed by atoms with van der Waals surface area (Å²) in [6, 6.07) is 23.1. The van der Waals surface area contributed by atoms with Crippen molar-refractivity contribution in [2.75, 3.05) is 24.3 Å². The Labute approximate surface area is 200 Å². The molecule has 3 aromatic rings. The zero-order valence-corrected chi connectivity index (χ0v) is 20.0. The fourth-order valence-electron chi connectivity index (χ4n) is 3.67. The van der Waals surface area contributed by atoms with Gasteiger partial charge in [0.15, 0.2) is 0 Å². The van der Waals surface area contributed by atoms with Gasteiger partial charge in [-0.2, -0.15) is 0 Å². The van der Waals surface area contributed by atoms with Crippen LogP contribution in [0.15, 0.2) is 77.3 Å². The van der Waals surface area contributed by atoms with E-state index in [4.69, 9.17) is 4.74 Å². The molecule has 2 amide bonds. The van der Waals surface area contributed by atoms with Crippen molar-refractivity contribution in [3.8, 4) is 5.75 Å². The number of amides is 2. The summed E-state index contributed by atoms with van der Waals surface area (Å²) in [5, 5.41) is 2.78. The molecule has 4 rings (SSSR count). The van der Waals surface area contributed by atoms with Gasteiger partial charge in [-0.05, 0) is 53.9 Å². The third-order valence-corrected chi connectivity index (χ3v) is 7.00. The number of carbonyl (C=O) groups is 2. The van der Waals surface area contributed by atoms with Gasteiger partial charge in [0, 0.05) is 16.6 Å². The van der Waals surface area contributed by atoms with Crippen molar-refractivity contribution in [3.63, 3.8) is 0 Å². The largest absolute Gasteiger partial charge is 0.495 e. The topological polar surface area (TPSA) is 58.6 Å². The van der Waals surface area contributed by atoms with E-state index in [1.807, 2.05) is 66.7 Å². The number of benzene rings is 3. The van der Waals surface area contributed by atoms with Crippen molar-refractivity contribution in [1.82, 2.24) is 5.32 Å². The van der Waals surface area contributed by atoms with Gasteiger partial charge in [0.2, 0.25) is 5.91 Å². The van der Waals surface area contributed by atoms with Crippen LogP contribution in [-0.2, 0) is 11.2 Å². The van der Waals surface area contributed by atoms with Gasteiger partial charge in [-0.15, -0.1) is 11.8 Å². The molecule has 1 aliphatic heterocycles. The Morgan fingerprint density at radius 2 is 1.91 bits per heavy atom. The molecule has 7 heteroatoms. The number of para-hydroxylation sites is 2. The SMILES string of the molecule is COc1ccccc1N1C(=O)CSC1c1cccc(C(=O)NCCc2ccc(Br)cc2)c1. The van der Waals surface area contributed by atoms with Gasteiger partial charge in [-0.25, -0.2) is 0 Å². The molecular formula is C25H23BrN2O3S. The number of anilines is 1. The Morgan fingerprint density at radius 3 is 2.69 bits per heavy atom. The van der Waals surface area contributed by atoms with Gasteiger partial charge in [0.25, 0.3) is 5.91 Å². The molecule has 1 N–H and O–H groups in total. The first-order valence-corrected chi connectivity index (χ1v) is 12.1. The van der Waals surface area contributed by atoms with Crippen molar-refractivity contribution in [3.05, 3.63) is 94.0 Å². The second kappa shape index (κ2) is 10.2. The summed E-state index contributed by atoms with van der Waals surface area (Å²) in [5.41, 5.74) is 3.39. The molecule has 32 heavy (non-hydrogen) atoms. The number of rotatable bonds is 7. The van der Waals surface area contributed by atoms with E-state index in [-0.39, 0.29) is 17.2 Å². The van der Waals surface area contributed by atoms with Crippen LogP contribution in [0.1, 0.15) is 26.9 Å². The lowest BCUT2D eigenvalue weighted by atomic mass is 10.1. The minimum absolute atomic E-state index is 0.0221. The number of nitrogens with zero attached hydrogens (tertiary/aromatic N) is 1. The van der Waals surface area contributed by atoms with E-state index in [2.05, 4.69) is 21.2 Å². The highest BCUT2D eigenvalue weighted by molar-refractivity contribution is 9.10. The van der Waals surface area contributed by atoms with E-state index < -0.39 is 0 Å². The van der Waals surface area contributed by atoms with Crippen molar-refractivity contribution >= 4 is 45.2 Å². The van der Waals surface area contributed by atoms with Crippen LogP contribution in [0.4, 0.5) is 5.69 Å². The predicted octanol–water partition coefficient (Wildman–Crippen LogP) is 5.21. The number of carbonyl (C=O) groups excluding carboxylic acids is 2. The Balaban J connectivity index is 1.48. The summed E-state index contributed by atoms with van der Waals surface area (Å²) in [6.45, 7) is 0.550. The van der Waals surface area contributed by atoms with E-state index in [0.29, 0.717) is 23.6 Å². The van der Waals surface area contributed by atoms with Gasteiger partial charge < -0.3 is 10.1 Å². The van der Waals surface area contributed by atoms with Gasteiger partial charge in [-0.3, -0.25) is 14.5 Å². The van der Waals surface area contributed by atoms with E-state index >= 15 is 0 Å². The van der Waals surface area contributed by atoms with Crippen LogP contribution in [0.5, 0.6) is 5.75 Å². The van der Waals surface area contributed by atoms with Crippen molar-refractivity contribution in [1.29, 1.82) is 0 Å². The quantitative estimate of drug-likeness (QED) is 0.473. The Bertz CT molecular complexity index is 1120. The zero-order chi connectivity index (χ0) is 22.5. The normalized spacial score (nSPS) is 15.6. The number of hydrogen-bond donors (Lipinski definition) is 1. The van der Waals surface area contributed by atoms with E-state index in [9.17, 15) is 9.59 Å². The first-order valence-electron chi connectivity index (χ1n) is 10.3. The molecule has 0 radical (unpaired) electrons. The summed E-state index contributed by atoms with van der Waals surface area (Å²) in [4.78, 5) is 27.2. The minimum Gasteiger partial charge on any atom is -0.495 e. The number of methoxy groups -OCH3 is 1. The fraction of sp³-hybridized carbons (Fsp3) is 0.200. The predicted molar refractivity (Wildman–Crippen MR) is 132 cm³/mol. The highest BCUT2D eigenvalue weighted by atomic mass is 79.9. The third-order valence-electron chi connectivity index (χ3n) is 5.26. The average molecular weight is 511 g/mol. The van der Waals surface area contributed by atoms with Gasteiger partial charge in [0.1, 0.15) is 11.1 Å².